The minimum Gasteiger partial charge on any atom is -0.444 e. The maximum Gasteiger partial charge on any atom is 0.410 e. The van der Waals surface area contributed by atoms with Crippen LogP contribution < -0.4 is 5.73 Å². The van der Waals surface area contributed by atoms with E-state index in [2.05, 4.69) is 0 Å². The number of ether oxygens (including phenoxy) is 1. The van der Waals surface area contributed by atoms with Gasteiger partial charge in [0.05, 0.1) is 0 Å². The minimum absolute atomic E-state index is 0.00289. The van der Waals surface area contributed by atoms with E-state index in [1.54, 1.807) is 17.0 Å². The van der Waals surface area contributed by atoms with Crippen LogP contribution >= 0.6 is 0 Å². The van der Waals surface area contributed by atoms with E-state index in [9.17, 15) is 9.18 Å². The Morgan fingerprint density at radius 2 is 2.15 bits per heavy atom. The highest BCUT2D eigenvalue weighted by Gasteiger charge is 2.31. The number of likely N-dealkylation sites (tertiary alicyclic amines) is 1. The van der Waals surface area contributed by atoms with Gasteiger partial charge >= 0.3 is 6.09 Å². The second kappa shape index (κ2) is 5.31. The summed E-state index contributed by atoms with van der Waals surface area (Å²) in [6.07, 6.45) is 0.399. The number of benzene rings is 1. The zero-order valence-electron chi connectivity index (χ0n) is 12.1. The normalized spacial score (nSPS) is 19.2. The van der Waals surface area contributed by atoms with Crippen LogP contribution in [0.2, 0.25) is 0 Å². The quantitative estimate of drug-likeness (QED) is 0.804. The molecule has 1 saturated heterocycles. The maximum absolute atomic E-state index is 13.9. The molecule has 0 radical (unpaired) electrons. The molecule has 1 fully saturated rings. The zero-order chi connectivity index (χ0) is 14.9. The number of nitrogens with two attached hydrogens (primary N) is 1. The molecular weight excluding hydrogens is 259 g/mol. The minimum atomic E-state index is -0.512. The lowest BCUT2D eigenvalue weighted by molar-refractivity contribution is 0.0292. The Bertz CT molecular complexity index is 511. The van der Waals surface area contributed by atoms with Gasteiger partial charge in [0.2, 0.25) is 0 Å². The molecule has 0 bridgehead atoms. The predicted molar refractivity (Wildman–Crippen MR) is 76.0 cm³/mol. The lowest BCUT2D eigenvalue weighted by Crippen LogP contribution is -2.35. The van der Waals surface area contributed by atoms with E-state index in [0.29, 0.717) is 24.3 Å². The van der Waals surface area contributed by atoms with Gasteiger partial charge in [-0.1, -0.05) is 6.07 Å². The van der Waals surface area contributed by atoms with Crippen molar-refractivity contribution in [2.75, 3.05) is 18.8 Å². The van der Waals surface area contributed by atoms with Crippen molar-refractivity contribution in [1.29, 1.82) is 0 Å². The first-order chi connectivity index (χ1) is 9.26. The summed E-state index contributed by atoms with van der Waals surface area (Å²) in [6.45, 7) is 6.56. The molecule has 1 aromatic rings. The second-order valence-corrected chi connectivity index (χ2v) is 6.19. The van der Waals surface area contributed by atoms with Crippen LogP contribution in [-0.4, -0.2) is 29.7 Å². The molecule has 0 unspecified atom stereocenters. The zero-order valence-corrected chi connectivity index (χ0v) is 12.1. The van der Waals surface area contributed by atoms with Gasteiger partial charge in [-0.15, -0.1) is 0 Å². The third kappa shape index (κ3) is 3.40. The van der Waals surface area contributed by atoms with E-state index in [-0.39, 0.29) is 17.8 Å². The molecule has 1 aliphatic rings. The smallest absolute Gasteiger partial charge is 0.410 e. The number of hydrogen-bond acceptors (Lipinski definition) is 3. The molecular formula is C15H21FN2O2. The highest BCUT2D eigenvalue weighted by molar-refractivity contribution is 5.68. The first kappa shape index (κ1) is 14.6. The monoisotopic (exact) mass is 280 g/mol. The summed E-state index contributed by atoms with van der Waals surface area (Å²) >= 11 is 0. The van der Waals surface area contributed by atoms with Crippen molar-refractivity contribution in [3.63, 3.8) is 0 Å². The van der Waals surface area contributed by atoms with Crippen molar-refractivity contribution in [2.45, 2.75) is 38.7 Å². The van der Waals surface area contributed by atoms with Crippen molar-refractivity contribution >= 4 is 11.8 Å². The molecule has 0 saturated carbocycles. The molecule has 1 atom stereocenters. The molecule has 1 heterocycles. The van der Waals surface area contributed by atoms with Crippen molar-refractivity contribution in [3.8, 4) is 0 Å². The van der Waals surface area contributed by atoms with Crippen molar-refractivity contribution in [3.05, 3.63) is 29.6 Å². The molecule has 5 heteroatoms. The van der Waals surface area contributed by atoms with Crippen LogP contribution in [0, 0.1) is 5.82 Å². The Morgan fingerprint density at radius 3 is 2.75 bits per heavy atom. The van der Waals surface area contributed by atoms with Gasteiger partial charge in [-0.2, -0.15) is 0 Å². The van der Waals surface area contributed by atoms with Gasteiger partial charge in [0.1, 0.15) is 11.4 Å². The third-order valence-electron chi connectivity index (χ3n) is 3.30. The fraction of sp³-hybridized carbons (Fsp3) is 0.533. The summed E-state index contributed by atoms with van der Waals surface area (Å²) in [6, 6.07) is 4.72. The fourth-order valence-corrected chi connectivity index (χ4v) is 2.38. The topological polar surface area (TPSA) is 55.6 Å². The van der Waals surface area contributed by atoms with Gasteiger partial charge in [0.15, 0.2) is 0 Å². The highest BCUT2D eigenvalue weighted by Crippen LogP contribution is 2.30. The molecule has 4 nitrogen and oxygen atoms in total. The molecule has 1 aromatic carbocycles. The molecule has 0 aliphatic carbocycles. The van der Waals surface area contributed by atoms with Crippen LogP contribution in [0.25, 0.3) is 0 Å². The van der Waals surface area contributed by atoms with E-state index in [4.69, 9.17) is 10.5 Å². The number of halogens is 1. The highest BCUT2D eigenvalue weighted by atomic mass is 19.1. The molecule has 2 rings (SSSR count). The molecule has 1 amide bonds. The number of anilines is 1. The number of carbonyl (C=O) groups is 1. The number of rotatable bonds is 1. The molecule has 1 aliphatic heterocycles. The number of carbonyl (C=O) groups excluding carboxylic acids is 1. The molecule has 110 valence electrons. The van der Waals surface area contributed by atoms with Crippen molar-refractivity contribution in [1.82, 2.24) is 4.90 Å². The largest absolute Gasteiger partial charge is 0.444 e. The summed E-state index contributed by atoms with van der Waals surface area (Å²) in [7, 11) is 0. The summed E-state index contributed by atoms with van der Waals surface area (Å²) in [5.74, 6) is -0.302. The summed E-state index contributed by atoms with van der Waals surface area (Å²) < 4.78 is 19.2. The fourth-order valence-electron chi connectivity index (χ4n) is 2.38. The van der Waals surface area contributed by atoms with Crippen molar-refractivity contribution < 1.29 is 13.9 Å². The van der Waals surface area contributed by atoms with Gasteiger partial charge in [-0.3, -0.25) is 0 Å². The Hall–Kier alpha value is -1.78. The van der Waals surface area contributed by atoms with Crippen LogP contribution in [0.4, 0.5) is 14.9 Å². The van der Waals surface area contributed by atoms with E-state index < -0.39 is 5.60 Å². The van der Waals surface area contributed by atoms with E-state index >= 15 is 0 Å². The van der Waals surface area contributed by atoms with Crippen LogP contribution in [0.3, 0.4) is 0 Å². The van der Waals surface area contributed by atoms with Crippen LogP contribution in [0.5, 0.6) is 0 Å². The van der Waals surface area contributed by atoms with Crippen LogP contribution in [-0.2, 0) is 4.74 Å². The van der Waals surface area contributed by atoms with E-state index in [1.807, 2.05) is 20.8 Å². The first-order valence-corrected chi connectivity index (χ1v) is 6.79. The second-order valence-electron chi connectivity index (χ2n) is 6.19. The van der Waals surface area contributed by atoms with Gasteiger partial charge in [0, 0.05) is 24.7 Å². The number of nitrogen functional groups attached to an aromatic ring is 1. The summed E-state index contributed by atoms with van der Waals surface area (Å²) in [5.41, 5.74) is 6.06. The third-order valence-corrected chi connectivity index (χ3v) is 3.30. The van der Waals surface area contributed by atoms with Gasteiger partial charge < -0.3 is 15.4 Å². The first-order valence-electron chi connectivity index (χ1n) is 6.79. The molecule has 0 aromatic heterocycles. The average molecular weight is 280 g/mol. The van der Waals surface area contributed by atoms with E-state index in [0.717, 1.165) is 6.42 Å². The van der Waals surface area contributed by atoms with Gasteiger partial charge in [-0.05, 0) is 44.9 Å². The number of nitrogens with zero attached hydrogens (tertiary/aromatic N) is 1. The molecule has 20 heavy (non-hydrogen) atoms. The Morgan fingerprint density at radius 1 is 1.45 bits per heavy atom. The lowest BCUT2D eigenvalue weighted by Gasteiger charge is -2.24. The number of amides is 1. The standard InChI is InChI=1S/C15H21FN2O2/c1-15(2,3)20-14(19)18-7-6-10(9-18)12-5-4-11(17)8-13(12)16/h4-5,8,10H,6-7,9,17H2,1-3H3/t10-/m1/s1. The Kier molecular flexibility index (Phi) is 3.88. The predicted octanol–water partition coefficient (Wildman–Crippen LogP) is 3.13. The maximum atomic E-state index is 13.9. The molecule has 0 spiro atoms. The molecule has 2 N–H and O–H groups in total. The number of hydrogen-bond donors (Lipinski definition) is 1. The van der Waals surface area contributed by atoms with Gasteiger partial charge in [0.25, 0.3) is 0 Å². The average Bonchev–Trinajstić information content (AvgIpc) is 2.75. The van der Waals surface area contributed by atoms with Crippen LogP contribution in [0.1, 0.15) is 38.7 Å². The van der Waals surface area contributed by atoms with Crippen molar-refractivity contribution in [2.24, 2.45) is 0 Å². The summed E-state index contributed by atoms with van der Waals surface area (Å²) in [4.78, 5) is 13.6. The van der Waals surface area contributed by atoms with Gasteiger partial charge in [-0.25, -0.2) is 9.18 Å². The summed E-state index contributed by atoms with van der Waals surface area (Å²) in [5, 5.41) is 0. The Balaban J connectivity index is 2.03. The lowest BCUT2D eigenvalue weighted by atomic mass is 9.97. The SMILES string of the molecule is CC(C)(C)OC(=O)N1CC[C@@H](c2ccc(N)cc2F)C1. The van der Waals surface area contributed by atoms with E-state index in [1.165, 1.54) is 6.07 Å². The Labute approximate surface area is 118 Å². The van der Waals surface area contributed by atoms with Crippen LogP contribution in [0.15, 0.2) is 18.2 Å².